The lowest BCUT2D eigenvalue weighted by Gasteiger charge is -2.18. The molecule has 0 aliphatic rings. The third-order valence-electron chi connectivity index (χ3n) is 13.4. The first-order valence-corrected chi connectivity index (χ1v) is 32.2. The number of rotatable bonds is 57. The van der Waals surface area contributed by atoms with Crippen molar-refractivity contribution < 1.29 is 28.6 Å². The average molecular weight is 1080 g/mol. The number of unbranched alkanes of at least 4 members (excludes halogenated alkanes) is 24. The normalized spacial score (nSPS) is 13.0. The van der Waals surface area contributed by atoms with Gasteiger partial charge >= 0.3 is 17.9 Å². The molecule has 0 aromatic rings. The van der Waals surface area contributed by atoms with Crippen LogP contribution in [0.2, 0.25) is 0 Å². The molecule has 0 saturated heterocycles. The maximum Gasteiger partial charge on any atom is 0.306 e. The highest BCUT2D eigenvalue weighted by atomic mass is 16.6. The van der Waals surface area contributed by atoms with Gasteiger partial charge in [-0.3, -0.25) is 14.4 Å². The van der Waals surface area contributed by atoms with E-state index >= 15 is 0 Å². The Morgan fingerprint density at radius 1 is 0.269 bits per heavy atom. The summed E-state index contributed by atoms with van der Waals surface area (Å²) in [5, 5.41) is 0. The molecule has 0 radical (unpaired) electrons. The molecule has 0 saturated carbocycles. The Hall–Kier alpha value is -4.45. The van der Waals surface area contributed by atoms with Crippen LogP contribution in [-0.4, -0.2) is 37.2 Å². The average Bonchev–Trinajstić information content (AvgIpc) is 3.44. The van der Waals surface area contributed by atoms with Crippen LogP contribution in [0.25, 0.3) is 0 Å². The van der Waals surface area contributed by atoms with Crippen molar-refractivity contribution in [3.63, 3.8) is 0 Å². The first kappa shape index (κ1) is 73.5. The van der Waals surface area contributed by atoms with Gasteiger partial charge in [-0.25, -0.2) is 0 Å². The van der Waals surface area contributed by atoms with E-state index in [1.165, 1.54) is 89.9 Å². The van der Waals surface area contributed by atoms with Gasteiger partial charge in [0.2, 0.25) is 0 Å². The molecule has 0 rings (SSSR count). The molecule has 6 nitrogen and oxygen atoms in total. The summed E-state index contributed by atoms with van der Waals surface area (Å²) >= 11 is 0. The molecule has 78 heavy (non-hydrogen) atoms. The number of allylic oxidation sites excluding steroid dienone is 22. The third kappa shape index (κ3) is 62.4. The molecule has 0 fully saturated rings. The molecule has 0 amide bonds. The lowest BCUT2D eigenvalue weighted by Crippen LogP contribution is -2.30. The molecular weight excluding hydrogens is 961 g/mol. The van der Waals surface area contributed by atoms with E-state index in [1.807, 2.05) is 0 Å². The van der Waals surface area contributed by atoms with Crippen LogP contribution in [0.4, 0.5) is 0 Å². The van der Waals surface area contributed by atoms with Gasteiger partial charge in [-0.15, -0.1) is 0 Å². The van der Waals surface area contributed by atoms with E-state index in [0.717, 1.165) is 154 Å². The Kier molecular flexibility index (Phi) is 61.4. The van der Waals surface area contributed by atoms with Crippen molar-refractivity contribution >= 4 is 17.9 Å². The second kappa shape index (κ2) is 65.1. The van der Waals surface area contributed by atoms with Crippen molar-refractivity contribution in [1.82, 2.24) is 0 Å². The summed E-state index contributed by atoms with van der Waals surface area (Å²) in [5.74, 6) is -0.927. The van der Waals surface area contributed by atoms with Crippen molar-refractivity contribution in [2.24, 2.45) is 0 Å². The van der Waals surface area contributed by atoms with Crippen molar-refractivity contribution in [3.05, 3.63) is 134 Å². The Labute approximate surface area is 481 Å². The maximum atomic E-state index is 12.9. The summed E-state index contributed by atoms with van der Waals surface area (Å²) in [6, 6.07) is 0. The van der Waals surface area contributed by atoms with E-state index in [4.69, 9.17) is 14.2 Å². The second-order valence-corrected chi connectivity index (χ2v) is 20.9. The van der Waals surface area contributed by atoms with E-state index < -0.39 is 6.10 Å². The standard InChI is InChI=1S/C72H118O6/c1-4-7-10-13-16-19-22-24-26-28-29-30-31-32-33-34-35-36-37-38-39-40-41-42-43-45-46-48-50-53-56-59-62-65-71(74)77-68-69(67-76-70(73)64-61-58-55-52-21-18-15-12-9-6-3)78-72(75)66-63-60-57-54-51-49-47-44-27-25-23-20-17-14-11-8-5-2/h7-8,10-12,15-17,19-20,24-27,29-30,32-33,35-36,47,49,69H,4-6,9,13-14,18,21-23,28,31,34,37-46,48,50-68H2,1-3H3/b10-7-,11-8-,15-12-,19-16-,20-17-,26-24-,27-25-,30-29-,33-32-,36-35-,49-47-. The predicted octanol–water partition coefficient (Wildman–Crippen LogP) is 22.2. The summed E-state index contributed by atoms with van der Waals surface area (Å²) in [4.78, 5) is 38.2. The molecule has 0 heterocycles. The zero-order valence-electron chi connectivity index (χ0n) is 50.6. The molecule has 442 valence electrons. The molecule has 0 N–H and O–H groups in total. The minimum Gasteiger partial charge on any atom is -0.462 e. The molecule has 0 bridgehead atoms. The quantitative estimate of drug-likeness (QED) is 0.0261. The molecule has 6 heteroatoms. The Morgan fingerprint density at radius 3 is 0.795 bits per heavy atom. The number of hydrogen-bond donors (Lipinski definition) is 0. The number of ether oxygens (including phenoxy) is 3. The van der Waals surface area contributed by atoms with E-state index in [2.05, 4.69) is 154 Å². The summed E-state index contributed by atoms with van der Waals surface area (Å²) in [7, 11) is 0. The van der Waals surface area contributed by atoms with Gasteiger partial charge in [0.1, 0.15) is 13.2 Å². The third-order valence-corrected chi connectivity index (χ3v) is 13.4. The number of carbonyl (C=O) groups excluding carboxylic acids is 3. The number of carbonyl (C=O) groups is 3. The minimum absolute atomic E-state index is 0.0928. The van der Waals surface area contributed by atoms with Crippen LogP contribution in [0.1, 0.15) is 284 Å². The van der Waals surface area contributed by atoms with Crippen LogP contribution in [-0.2, 0) is 28.6 Å². The molecular formula is C72H118O6. The lowest BCUT2D eigenvalue weighted by atomic mass is 10.0. The van der Waals surface area contributed by atoms with E-state index in [9.17, 15) is 14.4 Å². The van der Waals surface area contributed by atoms with Gasteiger partial charge in [0, 0.05) is 19.3 Å². The molecule has 0 aromatic carbocycles. The monoisotopic (exact) mass is 1080 g/mol. The minimum atomic E-state index is -0.797. The highest BCUT2D eigenvalue weighted by Crippen LogP contribution is 2.16. The zero-order valence-corrected chi connectivity index (χ0v) is 50.6. The van der Waals surface area contributed by atoms with Gasteiger partial charge < -0.3 is 14.2 Å². The van der Waals surface area contributed by atoms with Crippen molar-refractivity contribution in [2.75, 3.05) is 13.2 Å². The zero-order chi connectivity index (χ0) is 56.4. The van der Waals surface area contributed by atoms with Gasteiger partial charge in [-0.1, -0.05) is 270 Å². The Bertz CT molecular complexity index is 1670. The van der Waals surface area contributed by atoms with E-state index in [0.29, 0.717) is 19.3 Å². The molecule has 1 atom stereocenters. The largest absolute Gasteiger partial charge is 0.462 e. The number of esters is 3. The fourth-order valence-electron chi connectivity index (χ4n) is 8.62. The van der Waals surface area contributed by atoms with Gasteiger partial charge in [-0.2, -0.15) is 0 Å². The van der Waals surface area contributed by atoms with Crippen molar-refractivity contribution in [1.29, 1.82) is 0 Å². The van der Waals surface area contributed by atoms with Crippen LogP contribution in [0.3, 0.4) is 0 Å². The summed E-state index contributed by atoms with van der Waals surface area (Å²) < 4.78 is 16.8. The molecule has 0 spiro atoms. The fraction of sp³-hybridized carbons (Fsp3) is 0.653. The highest BCUT2D eigenvalue weighted by Gasteiger charge is 2.19. The molecule has 0 aromatic heterocycles. The van der Waals surface area contributed by atoms with Gasteiger partial charge in [0.15, 0.2) is 6.10 Å². The van der Waals surface area contributed by atoms with Crippen LogP contribution in [0.15, 0.2) is 134 Å². The smallest absolute Gasteiger partial charge is 0.306 e. The molecule has 0 aliphatic heterocycles. The second-order valence-electron chi connectivity index (χ2n) is 20.9. The summed E-state index contributed by atoms with van der Waals surface area (Å²) in [6.45, 7) is 6.33. The van der Waals surface area contributed by atoms with Gasteiger partial charge in [-0.05, 0) is 128 Å². The van der Waals surface area contributed by atoms with E-state index in [1.54, 1.807) is 0 Å². The first-order chi connectivity index (χ1) is 38.5. The fourth-order valence-corrected chi connectivity index (χ4v) is 8.62. The van der Waals surface area contributed by atoms with Gasteiger partial charge in [0.05, 0.1) is 0 Å². The van der Waals surface area contributed by atoms with Crippen LogP contribution in [0, 0.1) is 0 Å². The molecule has 1 unspecified atom stereocenters. The van der Waals surface area contributed by atoms with Crippen LogP contribution in [0.5, 0.6) is 0 Å². The van der Waals surface area contributed by atoms with Gasteiger partial charge in [0.25, 0.3) is 0 Å². The Morgan fingerprint density at radius 2 is 0.500 bits per heavy atom. The van der Waals surface area contributed by atoms with Crippen LogP contribution >= 0.6 is 0 Å². The summed E-state index contributed by atoms with van der Waals surface area (Å²) in [5.41, 5.74) is 0. The maximum absolute atomic E-state index is 12.9. The lowest BCUT2D eigenvalue weighted by molar-refractivity contribution is -0.167. The summed E-state index contributed by atoms with van der Waals surface area (Å²) in [6.07, 6.45) is 91.9. The van der Waals surface area contributed by atoms with Crippen molar-refractivity contribution in [3.8, 4) is 0 Å². The van der Waals surface area contributed by atoms with Crippen molar-refractivity contribution in [2.45, 2.75) is 290 Å². The predicted molar refractivity (Wildman–Crippen MR) is 339 cm³/mol. The SMILES string of the molecule is CC/C=C\C/C=C\C/C=C\C/C=C\C/C=C\C/C=C\CCCCCCCCCCCCCCCCC(=O)OCC(COC(=O)CCCCCCC/C=C\CCC)OC(=O)CCCCCC/C=C\C/C=C\C/C=C\C/C=C\CC. The van der Waals surface area contributed by atoms with Crippen LogP contribution < -0.4 is 0 Å². The van der Waals surface area contributed by atoms with E-state index in [-0.39, 0.29) is 31.1 Å². The highest BCUT2D eigenvalue weighted by molar-refractivity contribution is 5.71. The first-order valence-electron chi connectivity index (χ1n) is 32.2. The topological polar surface area (TPSA) is 78.9 Å². The molecule has 0 aliphatic carbocycles. The number of hydrogen-bond acceptors (Lipinski definition) is 6. The Balaban J connectivity index is 4.18.